The third-order valence-corrected chi connectivity index (χ3v) is 18.0. The van der Waals surface area contributed by atoms with Crippen LogP contribution in [0.5, 0.6) is 11.5 Å². The molecule has 0 saturated carbocycles. The van der Waals surface area contributed by atoms with Crippen LogP contribution in [-0.2, 0) is 33.6 Å². The van der Waals surface area contributed by atoms with Crippen LogP contribution < -0.4 is 31.5 Å². The maximum absolute atomic E-state index is 11.8. The van der Waals surface area contributed by atoms with Gasteiger partial charge in [0.15, 0.2) is 0 Å². The Hall–Kier alpha value is -6.83. The second-order valence-electron chi connectivity index (χ2n) is 28.7. The van der Waals surface area contributed by atoms with Crippen LogP contribution in [0.3, 0.4) is 0 Å². The first-order chi connectivity index (χ1) is 43.4. The fourth-order valence-corrected chi connectivity index (χ4v) is 12.8. The Morgan fingerprint density at radius 3 is 0.596 bits per heavy atom. The number of aryl methyl sites for hydroxylation is 4. The Labute approximate surface area is 587 Å². The topological polar surface area (TPSA) is 120 Å². The van der Waals surface area contributed by atoms with Gasteiger partial charge in [0.2, 0.25) is 0 Å². The third kappa shape index (κ3) is 18.8. The first kappa shape index (κ1) is 77.9. The van der Waals surface area contributed by atoms with Crippen molar-refractivity contribution in [3.8, 4) is 11.5 Å². The maximum Gasteiger partial charge on any atom is 1.00 e. The summed E-state index contributed by atoms with van der Waals surface area (Å²) in [6, 6.07) is 46.4. The quantitative estimate of drug-likeness (QED) is 0.0557. The standard InChI is InChI=1S/2C35H51N3.C14H10O2.2Co/c2*1-20(2)28-16-24(9)17-29(21(3)4)34(28)36-26(11)32-14-13-15-33(38-32)27(12)37-35-30(22(5)6)18-25(10)19-31(35)23(7)8;15-13-11-7-3-1-5-9(11)10-6-2-4-8-12(10)14(13)16;;/h2*13-23,26-27,36-37H,1-12H3;1-8,15-16H;;/q;;;2*+1/p-2. The van der Waals surface area contributed by atoms with Crippen molar-refractivity contribution in [2.75, 3.05) is 21.3 Å². The molecular formula is C84H110Co2N6O2. The molecule has 0 fully saturated rings. The number of pyridine rings is 2. The summed E-state index contributed by atoms with van der Waals surface area (Å²) in [5, 5.41) is 41.9. The van der Waals surface area contributed by atoms with Crippen LogP contribution in [0.1, 0.15) is 300 Å². The van der Waals surface area contributed by atoms with Gasteiger partial charge in [-0.3, -0.25) is 9.97 Å². The van der Waals surface area contributed by atoms with E-state index in [0.717, 1.165) is 33.5 Å². The van der Waals surface area contributed by atoms with E-state index in [-0.39, 0.29) is 57.7 Å². The van der Waals surface area contributed by atoms with Gasteiger partial charge in [-0.2, -0.15) is 0 Å². The third-order valence-electron chi connectivity index (χ3n) is 18.0. The van der Waals surface area contributed by atoms with Crippen LogP contribution >= 0.6 is 0 Å². The van der Waals surface area contributed by atoms with Gasteiger partial charge in [0.1, 0.15) is 0 Å². The van der Waals surface area contributed by atoms with E-state index in [9.17, 15) is 10.2 Å². The summed E-state index contributed by atoms with van der Waals surface area (Å²) in [5.41, 5.74) is 25.7. The molecule has 0 amide bonds. The Balaban J connectivity index is 0.000000271. The maximum atomic E-state index is 11.8. The summed E-state index contributed by atoms with van der Waals surface area (Å²) in [7, 11) is 0. The van der Waals surface area contributed by atoms with Crippen LogP contribution in [0.15, 0.2) is 133 Å². The average molecular weight is 1350 g/mol. The molecule has 94 heavy (non-hydrogen) atoms. The van der Waals surface area contributed by atoms with Gasteiger partial charge in [-0.1, -0.05) is 242 Å². The molecule has 4 atom stereocenters. The summed E-state index contributed by atoms with van der Waals surface area (Å²) < 4.78 is 0. The van der Waals surface area contributed by atoms with Crippen LogP contribution in [0.4, 0.5) is 22.7 Å². The second kappa shape index (κ2) is 34.2. The SMILES string of the molecule is Cc1cc(C(C)C)c(NC(C)c2cccc(C(C)Nc3c(C(C)C)cc(C)cc3C(C)C)n2)c(C(C)C)c1.Cc1cc(C(C)C)c(NC(C)c2cccc(C(C)Nc3c(C(C)C)cc(C)cc3C(C)C)n2)c(C(C)C)c1.[Co+].[Co+].[O-]c1c([O-])c2ccccc2c2ccccc12. The zero-order chi connectivity index (χ0) is 67.7. The van der Waals surface area contributed by atoms with E-state index < -0.39 is 11.5 Å². The number of hydrogen-bond donors (Lipinski definition) is 4. The largest absolute Gasteiger partial charge is 1.00 e. The van der Waals surface area contributed by atoms with E-state index in [1.165, 1.54) is 89.5 Å². The number of anilines is 4. The zero-order valence-electron chi connectivity index (χ0n) is 61.0. The van der Waals surface area contributed by atoms with Crippen molar-refractivity contribution >= 4 is 44.3 Å². The van der Waals surface area contributed by atoms with E-state index in [4.69, 9.17) is 9.97 Å². The molecule has 0 aliphatic carbocycles. The van der Waals surface area contributed by atoms with Crippen molar-refractivity contribution in [1.29, 1.82) is 0 Å². The molecule has 8 nitrogen and oxygen atoms in total. The van der Waals surface area contributed by atoms with E-state index >= 15 is 0 Å². The summed E-state index contributed by atoms with van der Waals surface area (Å²) in [4.78, 5) is 10.3. The molecule has 0 radical (unpaired) electrons. The van der Waals surface area contributed by atoms with Crippen molar-refractivity contribution in [3.63, 3.8) is 0 Å². The smallest absolute Gasteiger partial charge is 0.872 e. The number of fused-ring (bicyclic) bond motifs is 3. The Kier molecular flexibility index (Phi) is 28.3. The average Bonchev–Trinajstić information content (AvgIpc) is 0.778. The molecule has 9 rings (SSSR count). The van der Waals surface area contributed by atoms with E-state index in [0.29, 0.717) is 58.1 Å². The van der Waals surface area contributed by atoms with Crippen molar-refractivity contribution in [1.82, 2.24) is 9.97 Å². The summed E-state index contributed by atoms with van der Waals surface area (Å²) in [6.07, 6.45) is 0. The van der Waals surface area contributed by atoms with Gasteiger partial charge in [-0.05, 0) is 193 Å². The molecule has 2 heterocycles. The Morgan fingerprint density at radius 1 is 0.255 bits per heavy atom. The minimum absolute atomic E-state index is 0. The Morgan fingerprint density at radius 2 is 0.426 bits per heavy atom. The van der Waals surface area contributed by atoms with Crippen LogP contribution in [-0.4, -0.2) is 9.97 Å². The molecule has 0 saturated heterocycles. The van der Waals surface area contributed by atoms with Gasteiger partial charge < -0.3 is 31.5 Å². The van der Waals surface area contributed by atoms with Gasteiger partial charge in [-0.15, -0.1) is 11.5 Å². The fraction of sp³-hybridized carbons (Fsp3) is 0.429. The number of aromatic nitrogens is 2. The van der Waals surface area contributed by atoms with E-state index in [1.54, 1.807) is 24.3 Å². The van der Waals surface area contributed by atoms with Crippen molar-refractivity contribution < 1.29 is 43.8 Å². The predicted octanol–water partition coefficient (Wildman–Crippen LogP) is 23.2. The number of benzene rings is 7. The molecule has 4 N–H and O–H groups in total. The monoisotopic (exact) mass is 1350 g/mol. The molecule has 506 valence electrons. The molecule has 7 aromatic carbocycles. The molecule has 9 aromatic rings. The molecule has 0 aliphatic rings. The van der Waals surface area contributed by atoms with Gasteiger partial charge in [0.25, 0.3) is 0 Å². The normalized spacial score (nSPS) is 12.8. The zero-order valence-corrected chi connectivity index (χ0v) is 63.1. The van der Waals surface area contributed by atoms with Crippen molar-refractivity contribution in [2.24, 2.45) is 0 Å². The number of nitrogens with one attached hydrogen (secondary N) is 4. The molecule has 0 bridgehead atoms. The minimum atomic E-state index is -0.408. The predicted molar refractivity (Wildman–Crippen MR) is 394 cm³/mol. The second-order valence-corrected chi connectivity index (χ2v) is 28.7. The fourth-order valence-electron chi connectivity index (χ4n) is 12.8. The van der Waals surface area contributed by atoms with Gasteiger partial charge in [0.05, 0.1) is 46.9 Å². The summed E-state index contributed by atoms with van der Waals surface area (Å²) in [5.74, 6) is 2.78. The summed E-state index contributed by atoms with van der Waals surface area (Å²) >= 11 is 0. The van der Waals surface area contributed by atoms with Crippen molar-refractivity contribution in [2.45, 2.75) is 238 Å². The molecule has 0 spiro atoms. The first-order valence-electron chi connectivity index (χ1n) is 34.2. The minimum Gasteiger partial charge on any atom is -0.872 e. The number of nitrogens with zero attached hydrogens (tertiary/aromatic N) is 2. The van der Waals surface area contributed by atoms with Gasteiger partial charge in [-0.25, -0.2) is 0 Å². The number of rotatable bonds is 20. The molecule has 4 unspecified atom stereocenters. The molecule has 10 heteroatoms. The number of hydrogen-bond acceptors (Lipinski definition) is 8. The molecule has 0 aliphatic heterocycles. The van der Waals surface area contributed by atoms with Crippen LogP contribution in [0.2, 0.25) is 0 Å². The van der Waals surface area contributed by atoms with E-state index in [2.05, 4.69) is 272 Å². The molecule has 2 aromatic heterocycles. The summed E-state index contributed by atoms with van der Waals surface area (Å²) in [6.45, 7) is 54.2. The Bertz CT molecular complexity index is 3420. The first-order valence-corrected chi connectivity index (χ1v) is 34.2. The van der Waals surface area contributed by atoms with Gasteiger partial charge >= 0.3 is 33.6 Å². The van der Waals surface area contributed by atoms with Gasteiger partial charge in [0, 0.05) is 22.7 Å². The van der Waals surface area contributed by atoms with Crippen molar-refractivity contribution in [3.05, 3.63) is 223 Å². The van der Waals surface area contributed by atoms with Crippen LogP contribution in [0, 0.1) is 27.7 Å². The molecular weight excluding hydrogens is 1240 g/mol. The van der Waals surface area contributed by atoms with E-state index in [1.807, 2.05) is 24.3 Å². The van der Waals surface area contributed by atoms with Crippen LogP contribution in [0.25, 0.3) is 21.5 Å².